The lowest BCUT2D eigenvalue weighted by Gasteiger charge is -2.43. The molecule has 1 fully saturated rings. The van der Waals surface area contributed by atoms with Gasteiger partial charge in [0.2, 0.25) is 0 Å². The lowest BCUT2D eigenvalue weighted by Crippen LogP contribution is -2.49. The van der Waals surface area contributed by atoms with E-state index in [1.807, 2.05) is 18.3 Å². The average Bonchev–Trinajstić information content (AvgIpc) is 2.86. The molecule has 0 aromatic carbocycles. The molecule has 1 aromatic heterocycles. The smallest absolute Gasteiger partial charge is 0.0946 e. The zero-order chi connectivity index (χ0) is 14.6. The number of aliphatic hydroxyl groups excluding tert-OH is 1. The molecular weight excluding hydrogens is 268 g/mol. The summed E-state index contributed by atoms with van der Waals surface area (Å²) in [6, 6.07) is 4.35. The number of ether oxygens (including phenoxy) is 1. The van der Waals surface area contributed by atoms with Crippen molar-refractivity contribution in [2.24, 2.45) is 5.92 Å². The van der Waals surface area contributed by atoms with Crippen LogP contribution in [-0.4, -0.2) is 23.4 Å². The van der Waals surface area contributed by atoms with Gasteiger partial charge in [-0.25, -0.2) is 0 Å². The average molecular weight is 296 g/mol. The van der Waals surface area contributed by atoms with Crippen molar-refractivity contribution in [3.05, 3.63) is 21.9 Å². The third-order valence-corrected chi connectivity index (χ3v) is 5.74. The predicted molar refractivity (Wildman–Crippen MR) is 85.4 cm³/mol. The summed E-state index contributed by atoms with van der Waals surface area (Å²) in [5.74, 6) is 0.652. The number of thiophene rings is 1. The van der Waals surface area contributed by atoms with Gasteiger partial charge in [-0.3, -0.25) is 0 Å². The third kappa shape index (κ3) is 3.63. The van der Waals surface area contributed by atoms with Crippen molar-refractivity contribution in [3.63, 3.8) is 0 Å². The highest BCUT2D eigenvalue weighted by Gasteiger charge is 2.42. The Morgan fingerprint density at radius 1 is 1.40 bits per heavy atom. The van der Waals surface area contributed by atoms with Crippen LogP contribution in [-0.2, 0) is 17.6 Å². The van der Waals surface area contributed by atoms with Crippen LogP contribution < -0.4 is 0 Å². The number of rotatable bonds is 6. The molecule has 3 unspecified atom stereocenters. The fourth-order valence-corrected chi connectivity index (χ4v) is 4.45. The second-order valence-electron chi connectivity index (χ2n) is 6.14. The van der Waals surface area contributed by atoms with E-state index in [0.29, 0.717) is 12.5 Å². The van der Waals surface area contributed by atoms with Crippen LogP contribution in [0.4, 0.5) is 0 Å². The fourth-order valence-electron chi connectivity index (χ4n) is 3.46. The highest BCUT2D eigenvalue weighted by molar-refractivity contribution is 7.11. The molecule has 1 aliphatic rings. The van der Waals surface area contributed by atoms with Gasteiger partial charge in [-0.15, -0.1) is 11.3 Å². The predicted octanol–water partition coefficient (Wildman–Crippen LogP) is 4.20. The number of hydrogen-bond acceptors (Lipinski definition) is 3. The molecule has 0 radical (unpaired) electrons. The Morgan fingerprint density at radius 3 is 2.75 bits per heavy atom. The Bertz CT molecular complexity index is 411. The first-order valence-corrected chi connectivity index (χ1v) is 8.81. The van der Waals surface area contributed by atoms with Gasteiger partial charge < -0.3 is 9.84 Å². The highest BCUT2D eigenvalue weighted by Crippen LogP contribution is 2.39. The zero-order valence-corrected chi connectivity index (χ0v) is 13.8. The van der Waals surface area contributed by atoms with Crippen LogP contribution in [0.25, 0.3) is 0 Å². The van der Waals surface area contributed by atoms with Crippen LogP contribution in [0.1, 0.15) is 56.2 Å². The Balaban J connectivity index is 2.07. The topological polar surface area (TPSA) is 29.5 Å². The Morgan fingerprint density at radius 2 is 2.15 bits per heavy atom. The molecule has 0 amide bonds. The molecular formula is C17H28O2S. The van der Waals surface area contributed by atoms with Crippen LogP contribution in [0.15, 0.2) is 12.1 Å². The number of aryl methyl sites for hydroxylation is 1. The first-order chi connectivity index (χ1) is 9.59. The molecule has 3 heteroatoms. The molecule has 0 aliphatic heterocycles. The van der Waals surface area contributed by atoms with Crippen molar-refractivity contribution in [1.29, 1.82) is 0 Å². The second kappa shape index (κ2) is 7.06. The summed E-state index contributed by atoms with van der Waals surface area (Å²) >= 11 is 1.83. The summed E-state index contributed by atoms with van der Waals surface area (Å²) in [7, 11) is 0. The summed E-state index contributed by atoms with van der Waals surface area (Å²) < 4.78 is 6.06. The van der Waals surface area contributed by atoms with E-state index in [1.54, 1.807) is 0 Å². The van der Waals surface area contributed by atoms with E-state index in [1.165, 1.54) is 22.6 Å². The lowest BCUT2D eigenvalue weighted by molar-refractivity contribution is -0.146. The Labute approximate surface area is 127 Å². The molecule has 20 heavy (non-hydrogen) atoms. The van der Waals surface area contributed by atoms with Gasteiger partial charge in [-0.2, -0.15) is 0 Å². The van der Waals surface area contributed by atoms with Crippen molar-refractivity contribution >= 4 is 11.3 Å². The molecule has 2 rings (SSSR count). The molecule has 2 nitrogen and oxygen atoms in total. The lowest BCUT2D eigenvalue weighted by atomic mass is 9.74. The molecule has 1 aromatic rings. The highest BCUT2D eigenvalue weighted by atomic mass is 32.1. The van der Waals surface area contributed by atoms with Gasteiger partial charge in [0.05, 0.1) is 11.7 Å². The maximum atomic E-state index is 10.8. The van der Waals surface area contributed by atoms with Crippen LogP contribution in [0.3, 0.4) is 0 Å². The van der Waals surface area contributed by atoms with E-state index in [2.05, 4.69) is 26.0 Å². The quantitative estimate of drug-likeness (QED) is 0.852. The molecule has 1 N–H and O–H groups in total. The van der Waals surface area contributed by atoms with Crippen LogP contribution >= 0.6 is 11.3 Å². The summed E-state index contributed by atoms with van der Waals surface area (Å²) in [6.45, 7) is 7.18. The van der Waals surface area contributed by atoms with E-state index in [4.69, 9.17) is 4.74 Å². The summed E-state index contributed by atoms with van der Waals surface area (Å²) in [4.78, 5) is 2.68. The van der Waals surface area contributed by atoms with Gasteiger partial charge in [0, 0.05) is 22.8 Å². The standard InChI is InChI=1S/C17H28O2S/c1-4-14-8-9-15(20-14)11-16(18)17(19-5-2)10-6-7-13(3)12-17/h8-9,13,16,18H,4-7,10-12H2,1-3H3. The minimum Gasteiger partial charge on any atom is -0.390 e. The van der Waals surface area contributed by atoms with Gasteiger partial charge >= 0.3 is 0 Å². The van der Waals surface area contributed by atoms with Crippen molar-refractivity contribution in [1.82, 2.24) is 0 Å². The first-order valence-electron chi connectivity index (χ1n) is 7.99. The summed E-state index contributed by atoms with van der Waals surface area (Å²) in [5.41, 5.74) is -0.317. The number of hydrogen-bond donors (Lipinski definition) is 1. The molecule has 1 heterocycles. The van der Waals surface area contributed by atoms with Crippen LogP contribution in [0.2, 0.25) is 0 Å². The molecule has 0 bridgehead atoms. The maximum Gasteiger partial charge on any atom is 0.0946 e. The second-order valence-corrected chi connectivity index (χ2v) is 7.39. The fraction of sp³-hybridized carbons (Fsp3) is 0.765. The van der Waals surface area contributed by atoms with Gasteiger partial charge in [0.25, 0.3) is 0 Å². The van der Waals surface area contributed by atoms with E-state index >= 15 is 0 Å². The normalized spacial score (nSPS) is 28.5. The van der Waals surface area contributed by atoms with E-state index in [-0.39, 0.29) is 11.7 Å². The zero-order valence-electron chi connectivity index (χ0n) is 13.0. The van der Waals surface area contributed by atoms with E-state index in [0.717, 1.165) is 25.7 Å². The van der Waals surface area contributed by atoms with Crippen LogP contribution in [0.5, 0.6) is 0 Å². The largest absolute Gasteiger partial charge is 0.390 e. The molecule has 3 atom stereocenters. The molecule has 1 aliphatic carbocycles. The SMILES string of the molecule is CCOC1(C(O)Cc2ccc(CC)s2)CCCC(C)C1. The van der Waals surface area contributed by atoms with Crippen molar-refractivity contribution in [2.45, 2.75) is 71.0 Å². The van der Waals surface area contributed by atoms with Gasteiger partial charge in [0.15, 0.2) is 0 Å². The summed E-state index contributed by atoms with van der Waals surface area (Å²) in [6.07, 6.45) is 5.86. The Kier molecular flexibility index (Phi) is 5.65. The van der Waals surface area contributed by atoms with Gasteiger partial charge in [0.1, 0.15) is 0 Å². The van der Waals surface area contributed by atoms with Crippen LogP contribution in [0, 0.1) is 5.92 Å². The van der Waals surface area contributed by atoms with Crippen molar-refractivity contribution in [3.8, 4) is 0 Å². The molecule has 0 spiro atoms. The molecule has 1 saturated carbocycles. The minimum atomic E-state index is -0.381. The van der Waals surface area contributed by atoms with Crippen molar-refractivity contribution in [2.75, 3.05) is 6.61 Å². The van der Waals surface area contributed by atoms with Gasteiger partial charge in [-0.05, 0) is 44.2 Å². The first kappa shape index (κ1) is 16.0. The maximum absolute atomic E-state index is 10.8. The summed E-state index contributed by atoms with van der Waals surface area (Å²) in [5, 5.41) is 10.8. The van der Waals surface area contributed by atoms with E-state index < -0.39 is 0 Å². The Hall–Kier alpha value is -0.380. The monoisotopic (exact) mass is 296 g/mol. The minimum absolute atomic E-state index is 0.317. The van der Waals surface area contributed by atoms with Gasteiger partial charge in [-0.1, -0.05) is 26.7 Å². The molecule has 114 valence electrons. The molecule has 0 saturated heterocycles. The number of aliphatic hydroxyl groups is 1. The van der Waals surface area contributed by atoms with E-state index in [9.17, 15) is 5.11 Å². The van der Waals surface area contributed by atoms with Crippen molar-refractivity contribution < 1.29 is 9.84 Å². The third-order valence-electron chi connectivity index (χ3n) is 4.49.